The summed E-state index contributed by atoms with van der Waals surface area (Å²) < 4.78 is 3.24. The van der Waals surface area contributed by atoms with Crippen LogP contribution in [0, 0.1) is 0 Å². The van der Waals surface area contributed by atoms with E-state index in [1.54, 1.807) is 0 Å². The summed E-state index contributed by atoms with van der Waals surface area (Å²) in [6.07, 6.45) is 3.21. The SMILES string of the molecule is CCn1c2c(c3cc(Br)ccc31)CCCCN(C)C2=O. The molecule has 1 aliphatic heterocycles. The summed E-state index contributed by atoms with van der Waals surface area (Å²) >= 11 is 3.55. The highest BCUT2D eigenvalue weighted by Gasteiger charge is 2.25. The number of aromatic nitrogens is 1. The predicted molar refractivity (Wildman–Crippen MR) is 85.2 cm³/mol. The molecule has 0 saturated carbocycles. The first-order chi connectivity index (χ1) is 9.63. The number of fused-ring (bicyclic) bond motifs is 3. The lowest BCUT2D eigenvalue weighted by atomic mass is 10.0. The summed E-state index contributed by atoms with van der Waals surface area (Å²) in [7, 11) is 1.91. The van der Waals surface area contributed by atoms with Crippen LogP contribution in [0.15, 0.2) is 22.7 Å². The van der Waals surface area contributed by atoms with Gasteiger partial charge < -0.3 is 9.47 Å². The number of hydrogen-bond donors (Lipinski definition) is 0. The summed E-state index contributed by atoms with van der Waals surface area (Å²) in [5.74, 6) is 0.161. The Bertz CT molecular complexity index is 675. The number of carbonyl (C=O) groups excluding carboxylic acids is 1. The van der Waals surface area contributed by atoms with Gasteiger partial charge >= 0.3 is 0 Å². The lowest BCUT2D eigenvalue weighted by Gasteiger charge is -2.22. The van der Waals surface area contributed by atoms with Crippen molar-refractivity contribution in [1.82, 2.24) is 9.47 Å². The fourth-order valence-corrected chi connectivity index (χ4v) is 3.52. The maximum atomic E-state index is 12.7. The summed E-state index contributed by atoms with van der Waals surface area (Å²) in [6.45, 7) is 3.79. The van der Waals surface area contributed by atoms with Gasteiger partial charge in [0.05, 0.1) is 0 Å². The van der Waals surface area contributed by atoms with Crippen LogP contribution < -0.4 is 0 Å². The minimum atomic E-state index is 0.161. The van der Waals surface area contributed by atoms with E-state index in [0.717, 1.165) is 42.5 Å². The van der Waals surface area contributed by atoms with E-state index in [2.05, 4.69) is 45.6 Å². The molecule has 3 rings (SSSR count). The number of halogens is 1. The van der Waals surface area contributed by atoms with Gasteiger partial charge in [-0.25, -0.2) is 0 Å². The van der Waals surface area contributed by atoms with Gasteiger partial charge in [0.15, 0.2) is 0 Å². The topological polar surface area (TPSA) is 25.2 Å². The molecule has 0 spiro atoms. The third-order valence-corrected chi connectivity index (χ3v) is 4.66. The largest absolute Gasteiger partial charge is 0.340 e. The van der Waals surface area contributed by atoms with E-state index in [1.165, 1.54) is 16.5 Å². The molecule has 0 aliphatic carbocycles. The Kier molecular flexibility index (Phi) is 3.59. The lowest BCUT2D eigenvalue weighted by Crippen LogP contribution is -2.31. The van der Waals surface area contributed by atoms with E-state index in [1.807, 2.05) is 11.9 Å². The zero-order chi connectivity index (χ0) is 14.3. The predicted octanol–water partition coefficient (Wildman–Crippen LogP) is 3.83. The summed E-state index contributed by atoms with van der Waals surface area (Å²) in [5, 5.41) is 1.22. The van der Waals surface area contributed by atoms with Crippen molar-refractivity contribution >= 4 is 32.7 Å². The van der Waals surface area contributed by atoms with E-state index in [0.29, 0.717) is 0 Å². The zero-order valence-corrected chi connectivity index (χ0v) is 13.5. The van der Waals surface area contributed by atoms with Crippen LogP contribution in [-0.4, -0.2) is 29.0 Å². The van der Waals surface area contributed by atoms with Crippen molar-refractivity contribution < 1.29 is 4.79 Å². The second kappa shape index (κ2) is 5.24. The summed E-state index contributed by atoms with van der Waals surface area (Å²) in [4.78, 5) is 14.6. The van der Waals surface area contributed by atoms with Crippen molar-refractivity contribution in [2.75, 3.05) is 13.6 Å². The first kappa shape index (κ1) is 13.7. The van der Waals surface area contributed by atoms with Crippen LogP contribution in [0.25, 0.3) is 10.9 Å². The number of hydrogen-bond acceptors (Lipinski definition) is 1. The van der Waals surface area contributed by atoms with Gasteiger partial charge in [0.25, 0.3) is 5.91 Å². The smallest absolute Gasteiger partial charge is 0.270 e. The first-order valence-corrected chi connectivity index (χ1v) is 7.99. The molecule has 20 heavy (non-hydrogen) atoms. The number of amides is 1. The normalized spacial score (nSPS) is 16.1. The maximum Gasteiger partial charge on any atom is 0.270 e. The van der Waals surface area contributed by atoms with Crippen LogP contribution in [0.1, 0.15) is 35.8 Å². The fraction of sp³-hybridized carbons (Fsp3) is 0.438. The van der Waals surface area contributed by atoms with E-state index in [-0.39, 0.29) is 5.91 Å². The minimum Gasteiger partial charge on any atom is -0.340 e. The van der Waals surface area contributed by atoms with E-state index >= 15 is 0 Å². The number of rotatable bonds is 1. The van der Waals surface area contributed by atoms with Crippen LogP contribution >= 0.6 is 15.9 Å². The second-order valence-corrected chi connectivity index (χ2v) is 6.33. The van der Waals surface area contributed by atoms with Crippen molar-refractivity contribution in [2.24, 2.45) is 0 Å². The van der Waals surface area contributed by atoms with Gasteiger partial charge in [-0.2, -0.15) is 0 Å². The van der Waals surface area contributed by atoms with Gasteiger partial charge in [0, 0.05) is 35.5 Å². The zero-order valence-electron chi connectivity index (χ0n) is 11.9. The Morgan fingerprint density at radius 2 is 2.10 bits per heavy atom. The van der Waals surface area contributed by atoms with Crippen molar-refractivity contribution in [3.8, 4) is 0 Å². The third-order valence-electron chi connectivity index (χ3n) is 4.17. The monoisotopic (exact) mass is 334 g/mol. The van der Waals surface area contributed by atoms with Crippen LogP contribution in [-0.2, 0) is 13.0 Å². The molecule has 0 unspecified atom stereocenters. The highest BCUT2D eigenvalue weighted by atomic mass is 79.9. The van der Waals surface area contributed by atoms with Crippen molar-refractivity contribution in [1.29, 1.82) is 0 Å². The Balaban J connectivity index is 2.33. The highest BCUT2D eigenvalue weighted by Crippen LogP contribution is 2.32. The second-order valence-electron chi connectivity index (χ2n) is 5.42. The number of aryl methyl sites for hydroxylation is 2. The van der Waals surface area contributed by atoms with Gasteiger partial charge in [-0.1, -0.05) is 15.9 Å². The quantitative estimate of drug-likeness (QED) is 0.777. The van der Waals surface area contributed by atoms with Gasteiger partial charge in [-0.3, -0.25) is 4.79 Å². The molecule has 2 heterocycles. The van der Waals surface area contributed by atoms with E-state index in [9.17, 15) is 4.79 Å². The Morgan fingerprint density at radius 1 is 1.30 bits per heavy atom. The fourth-order valence-electron chi connectivity index (χ4n) is 3.16. The molecule has 4 heteroatoms. The number of nitrogens with zero attached hydrogens (tertiary/aromatic N) is 2. The first-order valence-electron chi connectivity index (χ1n) is 7.19. The van der Waals surface area contributed by atoms with Crippen LogP contribution in [0.2, 0.25) is 0 Å². The van der Waals surface area contributed by atoms with Crippen LogP contribution in [0.5, 0.6) is 0 Å². The average Bonchev–Trinajstić information content (AvgIpc) is 2.73. The van der Waals surface area contributed by atoms with Gasteiger partial charge in [0.1, 0.15) is 5.69 Å². The van der Waals surface area contributed by atoms with Crippen LogP contribution in [0.4, 0.5) is 0 Å². The molecule has 2 aromatic rings. The molecule has 0 fully saturated rings. The molecule has 1 aromatic heterocycles. The van der Waals surface area contributed by atoms with Crippen LogP contribution in [0.3, 0.4) is 0 Å². The third kappa shape index (κ3) is 2.06. The maximum absolute atomic E-state index is 12.7. The molecule has 1 amide bonds. The Labute approximate surface area is 127 Å². The van der Waals surface area contributed by atoms with Gasteiger partial charge in [0.2, 0.25) is 0 Å². The molecule has 106 valence electrons. The lowest BCUT2D eigenvalue weighted by molar-refractivity contribution is 0.0777. The Morgan fingerprint density at radius 3 is 2.85 bits per heavy atom. The Hall–Kier alpha value is -1.29. The highest BCUT2D eigenvalue weighted by molar-refractivity contribution is 9.10. The van der Waals surface area contributed by atoms with Crippen molar-refractivity contribution in [3.63, 3.8) is 0 Å². The molecule has 0 bridgehead atoms. The van der Waals surface area contributed by atoms with E-state index < -0.39 is 0 Å². The molecular weight excluding hydrogens is 316 g/mol. The molecule has 1 aliphatic rings. The molecular formula is C16H19BrN2O. The van der Waals surface area contributed by atoms with Gasteiger partial charge in [-0.05, 0) is 49.9 Å². The van der Waals surface area contributed by atoms with Gasteiger partial charge in [-0.15, -0.1) is 0 Å². The standard InChI is InChI=1S/C16H19BrN2O/c1-3-19-14-8-7-11(17)10-13(14)12-6-4-5-9-18(2)16(20)15(12)19/h7-8,10H,3-6,9H2,1-2H3. The average molecular weight is 335 g/mol. The molecule has 3 nitrogen and oxygen atoms in total. The molecule has 0 radical (unpaired) electrons. The molecule has 1 aromatic carbocycles. The van der Waals surface area contributed by atoms with E-state index in [4.69, 9.17) is 0 Å². The summed E-state index contributed by atoms with van der Waals surface area (Å²) in [6, 6.07) is 6.31. The molecule has 0 saturated heterocycles. The molecule has 0 atom stereocenters. The number of carbonyl (C=O) groups is 1. The van der Waals surface area contributed by atoms with Crippen molar-refractivity contribution in [2.45, 2.75) is 32.7 Å². The molecule has 0 N–H and O–H groups in total. The summed E-state index contributed by atoms with van der Waals surface area (Å²) in [5.41, 5.74) is 3.28. The minimum absolute atomic E-state index is 0.161. The number of benzene rings is 1. The van der Waals surface area contributed by atoms with Crippen molar-refractivity contribution in [3.05, 3.63) is 33.9 Å².